The quantitative estimate of drug-likeness (QED) is 0.721. The van der Waals surface area contributed by atoms with Crippen molar-refractivity contribution in [3.8, 4) is 0 Å². The second kappa shape index (κ2) is 4.58. The largest absolute Gasteiger partial charge is 0.298 e. The summed E-state index contributed by atoms with van der Waals surface area (Å²) in [4.78, 5) is 2.34. The van der Waals surface area contributed by atoms with Crippen LogP contribution in [0.3, 0.4) is 0 Å². The number of alkyl halides is 1. The first-order chi connectivity index (χ1) is 5.79. The first-order valence-corrected chi connectivity index (χ1v) is 5.27. The van der Waals surface area contributed by atoms with Gasteiger partial charge in [0.05, 0.1) is 0 Å². The number of fused-ring (bicyclic) bond motifs is 1. The van der Waals surface area contributed by atoms with Gasteiger partial charge in [0.2, 0.25) is 0 Å². The molecule has 1 aliphatic rings. The summed E-state index contributed by atoms with van der Waals surface area (Å²) in [6.45, 7) is 2.22. The summed E-state index contributed by atoms with van der Waals surface area (Å²) in [5, 5.41) is 0.962. The highest BCUT2D eigenvalue weighted by Gasteiger charge is 2.14. The fraction of sp³-hybridized carbons (Fsp3) is 0.400. The molecule has 1 heterocycles. The van der Waals surface area contributed by atoms with E-state index in [1.807, 2.05) is 0 Å². The molecule has 0 aromatic heterocycles. The summed E-state index contributed by atoms with van der Waals surface area (Å²) in [6.07, 6.45) is 0. The Morgan fingerprint density at radius 2 is 2.00 bits per heavy atom. The molecule has 13 heavy (non-hydrogen) atoms. The van der Waals surface area contributed by atoms with Gasteiger partial charge in [-0.15, -0.1) is 17.0 Å². The minimum absolute atomic E-state index is 0. The molecular formula is C10H13Br2N. The van der Waals surface area contributed by atoms with Crippen LogP contribution in [0.15, 0.2) is 18.2 Å². The van der Waals surface area contributed by atoms with Crippen LogP contribution in [0.1, 0.15) is 16.7 Å². The lowest BCUT2D eigenvalue weighted by Gasteiger charge is -2.02. The molecule has 0 bridgehead atoms. The van der Waals surface area contributed by atoms with Crippen molar-refractivity contribution in [2.75, 3.05) is 7.05 Å². The van der Waals surface area contributed by atoms with E-state index < -0.39 is 0 Å². The van der Waals surface area contributed by atoms with E-state index in [-0.39, 0.29) is 17.0 Å². The maximum Gasteiger partial charge on any atom is 0.0283 e. The van der Waals surface area contributed by atoms with Crippen LogP contribution in [0.2, 0.25) is 0 Å². The Balaban J connectivity index is 0.000000845. The molecule has 3 heteroatoms. The van der Waals surface area contributed by atoms with Gasteiger partial charge < -0.3 is 0 Å². The van der Waals surface area contributed by atoms with Crippen molar-refractivity contribution in [3.63, 3.8) is 0 Å². The van der Waals surface area contributed by atoms with Gasteiger partial charge in [-0.05, 0) is 23.7 Å². The lowest BCUT2D eigenvalue weighted by molar-refractivity contribution is 0.353. The molecule has 0 spiro atoms. The van der Waals surface area contributed by atoms with E-state index in [1.54, 1.807) is 0 Å². The summed E-state index contributed by atoms with van der Waals surface area (Å²) in [5.41, 5.74) is 4.36. The van der Waals surface area contributed by atoms with E-state index in [2.05, 4.69) is 46.1 Å². The van der Waals surface area contributed by atoms with Gasteiger partial charge in [-0.2, -0.15) is 0 Å². The Bertz CT molecular complexity index is 299. The average molecular weight is 307 g/mol. The van der Waals surface area contributed by atoms with Crippen molar-refractivity contribution in [1.29, 1.82) is 0 Å². The molecule has 0 radical (unpaired) electrons. The highest BCUT2D eigenvalue weighted by Crippen LogP contribution is 2.22. The second-order valence-corrected chi connectivity index (χ2v) is 3.97. The van der Waals surface area contributed by atoms with Crippen molar-refractivity contribution in [1.82, 2.24) is 4.90 Å². The number of hydrogen-bond donors (Lipinski definition) is 0. The average Bonchev–Trinajstić information content (AvgIpc) is 2.43. The van der Waals surface area contributed by atoms with Crippen LogP contribution in [0.25, 0.3) is 0 Å². The molecule has 0 fully saturated rings. The third-order valence-electron chi connectivity index (χ3n) is 2.31. The zero-order chi connectivity index (χ0) is 8.55. The molecule has 0 saturated carbocycles. The predicted octanol–water partition coefficient (Wildman–Crippen LogP) is 3.10. The molecule has 0 atom stereocenters. The Morgan fingerprint density at radius 3 is 2.69 bits per heavy atom. The van der Waals surface area contributed by atoms with E-state index >= 15 is 0 Å². The van der Waals surface area contributed by atoms with E-state index in [0.29, 0.717) is 0 Å². The topological polar surface area (TPSA) is 3.24 Å². The van der Waals surface area contributed by atoms with Gasteiger partial charge in [0, 0.05) is 18.4 Å². The molecule has 72 valence electrons. The molecule has 2 rings (SSSR count). The maximum absolute atomic E-state index is 3.47. The van der Waals surface area contributed by atoms with E-state index in [9.17, 15) is 0 Å². The second-order valence-electron chi connectivity index (χ2n) is 3.41. The van der Waals surface area contributed by atoms with Gasteiger partial charge in [-0.25, -0.2) is 0 Å². The molecule has 0 amide bonds. The van der Waals surface area contributed by atoms with Crippen molar-refractivity contribution < 1.29 is 0 Å². The Labute approximate surface area is 98.0 Å². The summed E-state index contributed by atoms with van der Waals surface area (Å²) in [7, 11) is 2.16. The summed E-state index contributed by atoms with van der Waals surface area (Å²) >= 11 is 3.47. The van der Waals surface area contributed by atoms with Gasteiger partial charge in [0.25, 0.3) is 0 Å². The van der Waals surface area contributed by atoms with Gasteiger partial charge in [-0.1, -0.05) is 34.1 Å². The molecule has 0 saturated heterocycles. The first kappa shape index (κ1) is 11.2. The summed E-state index contributed by atoms with van der Waals surface area (Å²) in [6, 6.07) is 6.75. The van der Waals surface area contributed by atoms with Gasteiger partial charge in [-0.3, -0.25) is 4.90 Å². The zero-order valence-electron chi connectivity index (χ0n) is 7.59. The molecule has 1 nitrogen and oxygen atoms in total. The highest BCUT2D eigenvalue weighted by atomic mass is 79.9. The standard InChI is InChI=1S/C10H12BrN.BrH/c1-12-6-9-3-2-8(5-11)4-10(9)7-12;/h2-4H,5-7H2,1H3;1H. The SMILES string of the molecule is Br.CN1Cc2ccc(CBr)cc2C1. The minimum atomic E-state index is 0. The molecule has 0 N–H and O–H groups in total. The van der Waals surface area contributed by atoms with Crippen molar-refractivity contribution in [3.05, 3.63) is 34.9 Å². The number of halogens is 2. The van der Waals surface area contributed by atoms with Crippen LogP contribution in [-0.2, 0) is 18.4 Å². The maximum atomic E-state index is 3.47. The highest BCUT2D eigenvalue weighted by molar-refractivity contribution is 9.08. The Morgan fingerprint density at radius 1 is 1.31 bits per heavy atom. The third kappa shape index (κ3) is 2.33. The normalized spacial score (nSPS) is 15.2. The van der Waals surface area contributed by atoms with Crippen LogP contribution >= 0.6 is 32.9 Å². The van der Waals surface area contributed by atoms with Gasteiger partial charge in [0.1, 0.15) is 0 Å². The van der Waals surface area contributed by atoms with Crippen LogP contribution in [-0.4, -0.2) is 11.9 Å². The Hall–Kier alpha value is 0.140. The minimum Gasteiger partial charge on any atom is -0.298 e. The molecule has 1 aromatic carbocycles. The first-order valence-electron chi connectivity index (χ1n) is 4.15. The molecular weight excluding hydrogens is 294 g/mol. The fourth-order valence-corrected chi connectivity index (χ4v) is 2.05. The van der Waals surface area contributed by atoms with E-state index in [0.717, 1.165) is 18.4 Å². The smallest absolute Gasteiger partial charge is 0.0283 e. The predicted molar refractivity (Wildman–Crippen MR) is 64.6 cm³/mol. The molecule has 1 aromatic rings. The lowest BCUT2D eigenvalue weighted by Crippen LogP contribution is -2.07. The number of nitrogens with zero attached hydrogens (tertiary/aromatic N) is 1. The number of rotatable bonds is 1. The van der Waals surface area contributed by atoms with Gasteiger partial charge in [0.15, 0.2) is 0 Å². The fourth-order valence-electron chi connectivity index (χ4n) is 1.70. The molecule has 1 aliphatic heterocycles. The van der Waals surface area contributed by atoms with Crippen molar-refractivity contribution in [2.24, 2.45) is 0 Å². The van der Waals surface area contributed by atoms with Gasteiger partial charge >= 0.3 is 0 Å². The monoisotopic (exact) mass is 305 g/mol. The van der Waals surface area contributed by atoms with E-state index in [4.69, 9.17) is 0 Å². The van der Waals surface area contributed by atoms with Crippen LogP contribution in [0.4, 0.5) is 0 Å². The summed E-state index contributed by atoms with van der Waals surface area (Å²) < 4.78 is 0. The third-order valence-corrected chi connectivity index (χ3v) is 2.95. The lowest BCUT2D eigenvalue weighted by atomic mass is 10.1. The van der Waals surface area contributed by atoms with Crippen molar-refractivity contribution in [2.45, 2.75) is 18.4 Å². The molecule has 0 aliphatic carbocycles. The zero-order valence-corrected chi connectivity index (χ0v) is 10.9. The summed E-state index contributed by atoms with van der Waals surface area (Å²) in [5.74, 6) is 0. The molecule has 0 unspecified atom stereocenters. The van der Waals surface area contributed by atoms with E-state index in [1.165, 1.54) is 16.7 Å². The van der Waals surface area contributed by atoms with Crippen LogP contribution in [0.5, 0.6) is 0 Å². The Kier molecular flexibility index (Phi) is 3.95. The van der Waals surface area contributed by atoms with Crippen LogP contribution in [0, 0.1) is 0 Å². The number of benzene rings is 1. The number of hydrogen-bond acceptors (Lipinski definition) is 1. The van der Waals surface area contributed by atoms with Crippen molar-refractivity contribution >= 4 is 32.9 Å². The van der Waals surface area contributed by atoms with Crippen LogP contribution < -0.4 is 0 Å².